The third-order valence-corrected chi connectivity index (χ3v) is 3.52. The van der Waals surface area contributed by atoms with Crippen LogP contribution in [0.15, 0.2) is 0 Å². The zero-order valence-electron chi connectivity index (χ0n) is 9.97. The minimum Gasteiger partial charge on any atom is -0.459 e. The van der Waals surface area contributed by atoms with E-state index in [9.17, 15) is 14.4 Å². The number of ether oxygens (including phenoxy) is 2. The first-order valence-corrected chi connectivity index (χ1v) is 5.86. The van der Waals surface area contributed by atoms with Gasteiger partial charge in [0.15, 0.2) is 0 Å². The molecule has 0 bridgehead atoms. The Morgan fingerprint density at radius 3 is 2.41 bits per heavy atom. The van der Waals surface area contributed by atoms with Crippen LogP contribution in [0.4, 0.5) is 0 Å². The smallest absolute Gasteiger partial charge is 0.303 e. The summed E-state index contributed by atoms with van der Waals surface area (Å²) in [4.78, 5) is 33.8. The summed E-state index contributed by atoms with van der Waals surface area (Å²) in [6.45, 7) is 2.62. The van der Waals surface area contributed by atoms with E-state index in [-0.39, 0.29) is 17.6 Å². The van der Waals surface area contributed by atoms with Crippen molar-refractivity contribution in [1.29, 1.82) is 0 Å². The lowest BCUT2D eigenvalue weighted by Gasteiger charge is -2.22. The molecular formula is C12H16O5. The van der Waals surface area contributed by atoms with Gasteiger partial charge in [0, 0.05) is 20.3 Å². The molecule has 5 nitrogen and oxygen atoms in total. The highest BCUT2D eigenvalue weighted by molar-refractivity contribution is 5.85. The number of carbonyl (C=O) groups excluding carboxylic acids is 3. The Hall–Kier alpha value is -1.39. The van der Waals surface area contributed by atoms with Gasteiger partial charge in [-0.05, 0) is 18.8 Å². The van der Waals surface area contributed by atoms with Gasteiger partial charge in [0.05, 0.1) is 5.92 Å². The molecule has 0 heterocycles. The number of hydrogen-bond acceptors (Lipinski definition) is 5. The van der Waals surface area contributed by atoms with Gasteiger partial charge in [-0.25, -0.2) is 0 Å². The highest BCUT2D eigenvalue weighted by Gasteiger charge is 2.53. The monoisotopic (exact) mass is 240 g/mol. The molecule has 0 unspecified atom stereocenters. The SMILES string of the molecule is CC(=O)O[C@H]1[C@H]2C(=O)CC[C@H]2C[C@H]1OC(C)=O. The van der Waals surface area contributed by atoms with Crippen molar-refractivity contribution in [3.8, 4) is 0 Å². The quantitative estimate of drug-likeness (QED) is 0.669. The number of hydrogen-bond donors (Lipinski definition) is 0. The van der Waals surface area contributed by atoms with Crippen LogP contribution in [0, 0.1) is 11.8 Å². The Balaban J connectivity index is 2.15. The molecule has 0 radical (unpaired) electrons. The fourth-order valence-electron chi connectivity index (χ4n) is 2.99. The number of esters is 2. The summed E-state index contributed by atoms with van der Waals surface area (Å²) in [7, 11) is 0. The lowest BCUT2D eigenvalue weighted by molar-refractivity contribution is -0.166. The van der Waals surface area contributed by atoms with Crippen molar-refractivity contribution in [2.75, 3.05) is 0 Å². The number of fused-ring (bicyclic) bond motifs is 1. The van der Waals surface area contributed by atoms with Gasteiger partial charge >= 0.3 is 11.9 Å². The van der Waals surface area contributed by atoms with Gasteiger partial charge in [0.2, 0.25) is 0 Å². The molecule has 2 fully saturated rings. The highest BCUT2D eigenvalue weighted by Crippen LogP contribution is 2.44. The summed E-state index contributed by atoms with van der Waals surface area (Å²) in [5.41, 5.74) is 0. The topological polar surface area (TPSA) is 69.7 Å². The molecule has 0 amide bonds. The first kappa shape index (κ1) is 12.1. The molecule has 0 N–H and O–H groups in total. The van der Waals surface area contributed by atoms with Gasteiger partial charge in [0.25, 0.3) is 0 Å². The fourth-order valence-corrected chi connectivity index (χ4v) is 2.99. The normalized spacial score (nSPS) is 35.5. The lowest BCUT2D eigenvalue weighted by Crippen LogP contribution is -2.36. The molecule has 0 aliphatic heterocycles. The Bertz CT molecular complexity index is 362. The summed E-state index contributed by atoms with van der Waals surface area (Å²) >= 11 is 0. The average Bonchev–Trinajstić information content (AvgIpc) is 2.69. The van der Waals surface area contributed by atoms with Gasteiger partial charge in [-0.3, -0.25) is 14.4 Å². The van der Waals surface area contributed by atoms with Crippen molar-refractivity contribution < 1.29 is 23.9 Å². The van der Waals surface area contributed by atoms with Gasteiger partial charge in [-0.1, -0.05) is 0 Å². The zero-order chi connectivity index (χ0) is 12.6. The fraction of sp³-hybridized carbons (Fsp3) is 0.750. The molecule has 0 aromatic carbocycles. The van der Waals surface area contributed by atoms with Crippen molar-refractivity contribution in [2.45, 2.75) is 45.3 Å². The molecule has 2 saturated carbocycles. The van der Waals surface area contributed by atoms with Crippen LogP contribution in [0.1, 0.15) is 33.1 Å². The second-order valence-corrected chi connectivity index (χ2v) is 4.75. The van der Waals surface area contributed by atoms with Crippen molar-refractivity contribution in [1.82, 2.24) is 0 Å². The van der Waals surface area contributed by atoms with Gasteiger partial charge in [-0.15, -0.1) is 0 Å². The van der Waals surface area contributed by atoms with E-state index in [2.05, 4.69) is 0 Å². The van der Waals surface area contributed by atoms with Crippen molar-refractivity contribution >= 4 is 17.7 Å². The molecular weight excluding hydrogens is 224 g/mol. The molecule has 0 spiro atoms. The van der Waals surface area contributed by atoms with E-state index in [1.807, 2.05) is 0 Å². The first-order valence-electron chi connectivity index (χ1n) is 5.86. The maximum Gasteiger partial charge on any atom is 0.303 e. The minimum atomic E-state index is -0.587. The predicted octanol–water partition coefficient (Wildman–Crippen LogP) is 0.849. The van der Waals surface area contributed by atoms with Crippen LogP contribution in [0.2, 0.25) is 0 Å². The minimum absolute atomic E-state index is 0.121. The second-order valence-electron chi connectivity index (χ2n) is 4.75. The Morgan fingerprint density at radius 1 is 1.18 bits per heavy atom. The average molecular weight is 240 g/mol. The highest BCUT2D eigenvalue weighted by atomic mass is 16.6. The molecule has 0 saturated heterocycles. The summed E-state index contributed by atoms with van der Waals surface area (Å²) < 4.78 is 10.3. The number of rotatable bonds is 2. The van der Waals surface area contributed by atoms with E-state index >= 15 is 0 Å². The third kappa shape index (κ3) is 2.33. The van der Waals surface area contributed by atoms with Crippen molar-refractivity contribution in [3.05, 3.63) is 0 Å². The van der Waals surface area contributed by atoms with E-state index in [4.69, 9.17) is 9.47 Å². The van der Waals surface area contributed by atoms with Crippen LogP contribution in [0.5, 0.6) is 0 Å². The molecule has 4 atom stereocenters. The zero-order valence-corrected chi connectivity index (χ0v) is 9.97. The van der Waals surface area contributed by atoms with Crippen LogP contribution >= 0.6 is 0 Å². The summed E-state index contributed by atoms with van der Waals surface area (Å²) in [6.07, 6.45) is 0.916. The molecule has 2 rings (SSSR count). The Labute approximate surface area is 99.5 Å². The predicted molar refractivity (Wildman–Crippen MR) is 56.9 cm³/mol. The number of carbonyl (C=O) groups is 3. The maximum atomic E-state index is 11.7. The molecule has 17 heavy (non-hydrogen) atoms. The summed E-state index contributed by atoms with van der Waals surface area (Å²) in [6, 6.07) is 0. The van der Waals surface area contributed by atoms with E-state index < -0.39 is 24.1 Å². The number of Topliss-reactive ketones (excluding diaryl/α,β-unsaturated/α-hetero) is 1. The third-order valence-electron chi connectivity index (χ3n) is 3.52. The second kappa shape index (κ2) is 4.47. The van der Waals surface area contributed by atoms with E-state index in [1.165, 1.54) is 13.8 Å². The summed E-state index contributed by atoms with van der Waals surface area (Å²) in [5.74, 6) is -0.803. The molecule has 0 aromatic heterocycles. The van der Waals surface area contributed by atoms with E-state index in [1.54, 1.807) is 0 Å². The van der Waals surface area contributed by atoms with Crippen LogP contribution < -0.4 is 0 Å². The largest absolute Gasteiger partial charge is 0.459 e. The molecule has 2 aliphatic rings. The van der Waals surface area contributed by atoms with Crippen molar-refractivity contribution in [2.24, 2.45) is 11.8 Å². The Kier molecular flexibility index (Phi) is 3.17. The molecule has 5 heteroatoms. The standard InChI is InChI=1S/C12H16O5/c1-6(13)16-10-5-8-3-4-9(15)11(8)12(10)17-7(2)14/h8,10-12H,3-5H2,1-2H3/t8-,10+,11+,12+/m0/s1. The van der Waals surface area contributed by atoms with Crippen LogP contribution in [0.3, 0.4) is 0 Å². The summed E-state index contributed by atoms with van der Waals surface area (Å²) in [5, 5.41) is 0. The van der Waals surface area contributed by atoms with E-state index in [0.717, 1.165) is 6.42 Å². The van der Waals surface area contributed by atoms with Crippen LogP contribution in [-0.2, 0) is 23.9 Å². The lowest BCUT2D eigenvalue weighted by atomic mass is 9.98. The molecule has 2 aliphatic carbocycles. The first-order chi connectivity index (χ1) is 7.99. The maximum absolute atomic E-state index is 11.7. The van der Waals surface area contributed by atoms with E-state index in [0.29, 0.717) is 12.8 Å². The van der Waals surface area contributed by atoms with Gasteiger partial charge < -0.3 is 9.47 Å². The van der Waals surface area contributed by atoms with Crippen molar-refractivity contribution in [3.63, 3.8) is 0 Å². The van der Waals surface area contributed by atoms with Crippen LogP contribution in [0.25, 0.3) is 0 Å². The number of ketones is 1. The Morgan fingerprint density at radius 2 is 1.82 bits per heavy atom. The van der Waals surface area contributed by atoms with Gasteiger partial charge in [0.1, 0.15) is 18.0 Å². The van der Waals surface area contributed by atoms with Gasteiger partial charge in [-0.2, -0.15) is 0 Å². The van der Waals surface area contributed by atoms with Crippen LogP contribution in [-0.4, -0.2) is 29.9 Å². The molecule has 94 valence electrons. The molecule has 0 aromatic rings.